The van der Waals surface area contributed by atoms with Crippen LogP contribution in [-0.2, 0) is 0 Å². The highest BCUT2D eigenvalue weighted by molar-refractivity contribution is 5.76. The first-order chi connectivity index (χ1) is 6.61. The Labute approximate surface area is 87.2 Å². The second kappa shape index (κ2) is 5.35. The van der Waals surface area contributed by atoms with E-state index in [1.807, 2.05) is 0 Å². The number of hydrogen-bond acceptors (Lipinski definition) is 2. The molecule has 1 heterocycles. The van der Waals surface area contributed by atoms with E-state index in [2.05, 4.69) is 18.7 Å². The molecule has 0 bridgehead atoms. The summed E-state index contributed by atoms with van der Waals surface area (Å²) in [6.45, 7) is 6.95. The third kappa shape index (κ3) is 3.29. The summed E-state index contributed by atoms with van der Waals surface area (Å²) in [5.41, 5.74) is 5.34. The molecule has 1 aliphatic rings. The molecular weight excluding hydrogens is 174 g/mol. The lowest BCUT2D eigenvalue weighted by Crippen LogP contribution is -2.34. The molecule has 82 valence electrons. The largest absolute Gasteiger partial charge is 0.388 e. The Balaban J connectivity index is 2.25. The van der Waals surface area contributed by atoms with Gasteiger partial charge in [-0.25, -0.2) is 0 Å². The zero-order valence-corrected chi connectivity index (χ0v) is 9.42. The average Bonchev–Trinajstić information content (AvgIpc) is 2.51. The number of nitrogens with one attached hydrogen (secondary N) is 1. The minimum Gasteiger partial charge on any atom is -0.388 e. The van der Waals surface area contributed by atoms with Crippen LogP contribution >= 0.6 is 0 Å². The molecule has 0 amide bonds. The van der Waals surface area contributed by atoms with Gasteiger partial charge in [0.25, 0.3) is 0 Å². The van der Waals surface area contributed by atoms with Gasteiger partial charge in [-0.05, 0) is 38.3 Å². The van der Waals surface area contributed by atoms with E-state index in [1.54, 1.807) is 0 Å². The molecule has 0 aromatic heterocycles. The molecule has 1 rings (SSSR count). The Morgan fingerprint density at radius 3 is 2.86 bits per heavy atom. The van der Waals surface area contributed by atoms with Crippen molar-refractivity contribution in [2.45, 2.75) is 45.6 Å². The van der Waals surface area contributed by atoms with Crippen molar-refractivity contribution in [3.63, 3.8) is 0 Å². The Bertz CT molecular complexity index is 189. The SMILES string of the molecule is CC(C)C1CCCN1CCCC(=N)N. The maximum absolute atomic E-state index is 7.16. The minimum atomic E-state index is 0.324. The van der Waals surface area contributed by atoms with Crippen LogP contribution in [0.2, 0.25) is 0 Å². The van der Waals surface area contributed by atoms with Crippen LogP contribution in [-0.4, -0.2) is 29.9 Å². The minimum absolute atomic E-state index is 0.324. The van der Waals surface area contributed by atoms with E-state index in [-0.39, 0.29) is 0 Å². The van der Waals surface area contributed by atoms with Gasteiger partial charge in [0.05, 0.1) is 5.84 Å². The zero-order valence-electron chi connectivity index (χ0n) is 9.42. The van der Waals surface area contributed by atoms with Gasteiger partial charge in [0.2, 0.25) is 0 Å². The van der Waals surface area contributed by atoms with Crippen molar-refractivity contribution in [3.8, 4) is 0 Å². The van der Waals surface area contributed by atoms with Crippen LogP contribution < -0.4 is 5.73 Å². The van der Waals surface area contributed by atoms with E-state index in [0.717, 1.165) is 31.3 Å². The van der Waals surface area contributed by atoms with Crippen LogP contribution in [0.1, 0.15) is 39.5 Å². The third-order valence-electron chi connectivity index (χ3n) is 3.08. The Kier molecular flexibility index (Phi) is 4.39. The van der Waals surface area contributed by atoms with Gasteiger partial charge in [0, 0.05) is 12.5 Å². The summed E-state index contributed by atoms with van der Waals surface area (Å²) in [5, 5.41) is 7.16. The van der Waals surface area contributed by atoms with Crippen molar-refractivity contribution in [2.75, 3.05) is 13.1 Å². The molecule has 1 aliphatic heterocycles. The van der Waals surface area contributed by atoms with Gasteiger partial charge in [-0.3, -0.25) is 5.41 Å². The molecule has 1 unspecified atom stereocenters. The maximum atomic E-state index is 7.16. The average molecular weight is 197 g/mol. The van der Waals surface area contributed by atoms with Crippen LogP contribution in [0.25, 0.3) is 0 Å². The fraction of sp³-hybridized carbons (Fsp3) is 0.909. The Morgan fingerprint density at radius 2 is 2.29 bits per heavy atom. The van der Waals surface area contributed by atoms with E-state index in [4.69, 9.17) is 11.1 Å². The number of hydrogen-bond donors (Lipinski definition) is 2. The van der Waals surface area contributed by atoms with Crippen LogP contribution in [0.4, 0.5) is 0 Å². The summed E-state index contributed by atoms with van der Waals surface area (Å²) in [6, 6.07) is 0.766. The summed E-state index contributed by atoms with van der Waals surface area (Å²) >= 11 is 0. The smallest absolute Gasteiger partial charge is 0.0905 e. The summed E-state index contributed by atoms with van der Waals surface area (Å²) < 4.78 is 0. The molecule has 14 heavy (non-hydrogen) atoms. The first-order valence-electron chi connectivity index (χ1n) is 5.68. The number of nitrogens with two attached hydrogens (primary N) is 1. The van der Waals surface area contributed by atoms with Crippen LogP contribution in [0.3, 0.4) is 0 Å². The van der Waals surface area contributed by atoms with Crippen molar-refractivity contribution >= 4 is 5.84 Å². The van der Waals surface area contributed by atoms with Crippen molar-refractivity contribution in [1.82, 2.24) is 4.90 Å². The van der Waals surface area contributed by atoms with Crippen molar-refractivity contribution in [3.05, 3.63) is 0 Å². The Morgan fingerprint density at radius 1 is 1.57 bits per heavy atom. The van der Waals surface area contributed by atoms with Crippen LogP contribution in [0.5, 0.6) is 0 Å². The monoisotopic (exact) mass is 197 g/mol. The van der Waals surface area contributed by atoms with Crippen LogP contribution in [0.15, 0.2) is 0 Å². The second-order valence-corrected chi connectivity index (χ2v) is 4.62. The van der Waals surface area contributed by atoms with Gasteiger partial charge in [-0.15, -0.1) is 0 Å². The van der Waals surface area contributed by atoms with E-state index < -0.39 is 0 Å². The third-order valence-corrected chi connectivity index (χ3v) is 3.08. The van der Waals surface area contributed by atoms with E-state index in [0.29, 0.717) is 5.84 Å². The first kappa shape index (κ1) is 11.5. The predicted molar refractivity (Wildman–Crippen MR) is 60.6 cm³/mol. The molecule has 0 saturated carbocycles. The normalized spacial score (nSPS) is 23.2. The van der Waals surface area contributed by atoms with E-state index in [1.165, 1.54) is 19.4 Å². The summed E-state index contributed by atoms with van der Waals surface area (Å²) in [7, 11) is 0. The van der Waals surface area contributed by atoms with E-state index in [9.17, 15) is 0 Å². The van der Waals surface area contributed by atoms with Gasteiger partial charge in [0.15, 0.2) is 0 Å². The highest BCUT2D eigenvalue weighted by Crippen LogP contribution is 2.23. The molecule has 3 nitrogen and oxygen atoms in total. The molecule has 0 aromatic carbocycles. The van der Waals surface area contributed by atoms with Gasteiger partial charge >= 0.3 is 0 Å². The fourth-order valence-electron chi connectivity index (χ4n) is 2.36. The topological polar surface area (TPSA) is 53.1 Å². The maximum Gasteiger partial charge on any atom is 0.0905 e. The van der Waals surface area contributed by atoms with Gasteiger partial charge in [-0.1, -0.05) is 13.8 Å². The molecule has 1 fully saturated rings. The zero-order chi connectivity index (χ0) is 10.6. The lowest BCUT2D eigenvalue weighted by Gasteiger charge is -2.27. The molecule has 1 atom stereocenters. The van der Waals surface area contributed by atoms with Crippen LogP contribution in [0, 0.1) is 11.3 Å². The molecule has 0 radical (unpaired) electrons. The number of nitrogens with zero attached hydrogens (tertiary/aromatic N) is 1. The highest BCUT2D eigenvalue weighted by Gasteiger charge is 2.26. The molecular formula is C11H23N3. The molecule has 1 saturated heterocycles. The van der Waals surface area contributed by atoms with Gasteiger partial charge in [0.1, 0.15) is 0 Å². The molecule has 3 N–H and O–H groups in total. The summed E-state index contributed by atoms with van der Waals surface area (Å²) in [4.78, 5) is 2.56. The van der Waals surface area contributed by atoms with Gasteiger partial charge in [-0.2, -0.15) is 0 Å². The quantitative estimate of drug-likeness (QED) is 0.522. The summed E-state index contributed by atoms with van der Waals surface area (Å²) in [6.07, 6.45) is 4.47. The van der Waals surface area contributed by atoms with Crippen molar-refractivity contribution in [2.24, 2.45) is 11.7 Å². The number of rotatable bonds is 5. The lowest BCUT2D eigenvalue weighted by atomic mass is 10.0. The summed E-state index contributed by atoms with van der Waals surface area (Å²) in [5.74, 6) is 1.08. The van der Waals surface area contributed by atoms with Crippen molar-refractivity contribution < 1.29 is 0 Å². The second-order valence-electron chi connectivity index (χ2n) is 4.62. The standard InChI is InChI=1S/C11H23N3/c1-9(2)10-5-3-7-14(10)8-4-6-11(12)13/h9-10H,3-8H2,1-2H3,(H3,12,13). The number of likely N-dealkylation sites (tertiary alicyclic amines) is 1. The Hall–Kier alpha value is -0.570. The lowest BCUT2D eigenvalue weighted by molar-refractivity contribution is 0.205. The molecule has 0 spiro atoms. The molecule has 3 heteroatoms. The molecule has 0 aliphatic carbocycles. The fourth-order valence-corrected chi connectivity index (χ4v) is 2.36. The van der Waals surface area contributed by atoms with Crippen molar-refractivity contribution in [1.29, 1.82) is 5.41 Å². The number of amidine groups is 1. The molecule has 0 aromatic rings. The van der Waals surface area contributed by atoms with E-state index >= 15 is 0 Å². The van der Waals surface area contributed by atoms with Gasteiger partial charge < -0.3 is 10.6 Å². The predicted octanol–water partition coefficient (Wildman–Crippen LogP) is 1.82. The first-order valence-corrected chi connectivity index (χ1v) is 5.68. The highest BCUT2D eigenvalue weighted by atomic mass is 15.2.